The fraction of sp³-hybridized carbons (Fsp3) is 0.133. The number of halogens is 1. The molecule has 0 atom stereocenters. The molecule has 0 bridgehead atoms. The number of rotatable bonds is 5. The van der Waals surface area contributed by atoms with Gasteiger partial charge < -0.3 is 10.6 Å². The Balaban J connectivity index is 1.89. The van der Waals surface area contributed by atoms with E-state index in [-0.39, 0.29) is 10.6 Å². The molecule has 8 heteroatoms. The van der Waals surface area contributed by atoms with Gasteiger partial charge in [0, 0.05) is 17.3 Å². The topological polar surface area (TPSA) is 95.5 Å². The third-order valence-electron chi connectivity index (χ3n) is 3.03. The summed E-state index contributed by atoms with van der Waals surface area (Å²) >= 11 is 6.02. The smallest absolute Gasteiger partial charge is 0.319 e. The lowest BCUT2D eigenvalue weighted by Crippen LogP contribution is -2.30. The first-order valence-electron chi connectivity index (χ1n) is 6.72. The quantitative estimate of drug-likeness (QED) is 0.719. The number of carbonyl (C=O) groups is 1. The third-order valence-corrected chi connectivity index (χ3v) is 4.25. The molecule has 0 aliphatic carbocycles. The summed E-state index contributed by atoms with van der Waals surface area (Å²) in [4.78, 5) is 11.5. The molecule has 0 saturated carbocycles. The Morgan fingerprint density at radius 1 is 1.13 bits per heavy atom. The molecule has 2 aromatic rings. The highest BCUT2D eigenvalue weighted by atomic mass is 35.5. The Hall–Kier alpha value is -2.09. The van der Waals surface area contributed by atoms with Crippen molar-refractivity contribution in [3.63, 3.8) is 0 Å². The molecule has 0 saturated heterocycles. The molecule has 2 rings (SSSR count). The summed E-state index contributed by atoms with van der Waals surface area (Å²) in [5, 5.41) is 5.78. The maximum absolute atomic E-state index is 11.8. The van der Waals surface area contributed by atoms with Crippen molar-refractivity contribution < 1.29 is 17.8 Å². The minimum atomic E-state index is -4.31. The van der Waals surface area contributed by atoms with Gasteiger partial charge in [-0.3, -0.25) is 4.55 Å². The van der Waals surface area contributed by atoms with Crippen LogP contribution in [-0.2, 0) is 16.5 Å². The number of nitrogens with one attached hydrogen (secondary N) is 2. The number of hydrogen-bond acceptors (Lipinski definition) is 3. The molecule has 0 unspecified atom stereocenters. The van der Waals surface area contributed by atoms with E-state index in [0.717, 1.165) is 5.56 Å². The SMILES string of the molecule is O=C(NCCc1ccccc1Cl)Nc1cccc(S(=O)(=O)O)c1. The van der Waals surface area contributed by atoms with Crippen molar-refractivity contribution in [3.8, 4) is 0 Å². The van der Waals surface area contributed by atoms with Crippen LogP contribution in [0.4, 0.5) is 10.5 Å². The first kappa shape index (κ1) is 17.3. The van der Waals surface area contributed by atoms with Crippen LogP contribution in [-0.4, -0.2) is 25.5 Å². The molecule has 0 aliphatic heterocycles. The lowest BCUT2D eigenvalue weighted by Gasteiger charge is -2.09. The van der Waals surface area contributed by atoms with Crippen LogP contribution in [0.15, 0.2) is 53.4 Å². The summed E-state index contributed by atoms with van der Waals surface area (Å²) in [6.07, 6.45) is 0.568. The Morgan fingerprint density at radius 2 is 1.87 bits per heavy atom. The number of benzene rings is 2. The molecular weight excluding hydrogens is 340 g/mol. The van der Waals surface area contributed by atoms with Crippen LogP contribution in [0.2, 0.25) is 5.02 Å². The van der Waals surface area contributed by atoms with Gasteiger partial charge >= 0.3 is 6.03 Å². The zero-order valence-corrected chi connectivity index (χ0v) is 13.6. The minimum Gasteiger partial charge on any atom is -0.338 e. The van der Waals surface area contributed by atoms with E-state index >= 15 is 0 Å². The lowest BCUT2D eigenvalue weighted by molar-refractivity contribution is 0.252. The van der Waals surface area contributed by atoms with E-state index in [4.69, 9.17) is 16.2 Å². The molecule has 23 heavy (non-hydrogen) atoms. The molecule has 0 heterocycles. The average Bonchev–Trinajstić information content (AvgIpc) is 2.48. The molecule has 0 aliphatic rings. The van der Waals surface area contributed by atoms with Gasteiger partial charge in [0.05, 0.1) is 4.90 Å². The van der Waals surface area contributed by atoms with Crippen LogP contribution in [0.3, 0.4) is 0 Å². The second-order valence-electron chi connectivity index (χ2n) is 4.73. The standard InChI is InChI=1S/C15H15ClN2O4S/c16-14-7-2-1-4-11(14)8-9-17-15(19)18-12-5-3-6-13(10-12)23(20,21)22/h1-7,10H,8-9H2,(H2,17,18,19)(H,20,21,22). The second kappa shape index (κ2) is 7.45. The van der Waals surface area contributed by atoms with Gasteiger partial charge in [0.1, 0.15) is 0 Å². The summed E-state index contributed by atoms with van der Waals surface area (Å²) < 4.78 is 31.1. The number of urea groups is 1. The van der Waals surface area contributed by atoms with Crippen molar-refractivity contribution in [2.24, 2.45) is 0 Å². The van der Waals surface area contributed by atoms with Gasteiger partial charge in [-0.1, -0.05) is 35.9 Å². The van der Waals surface area contributed by atoms with E-state index in [1.807, 2.05) is 18.2 Å². The molecule has 0 aromatic heterocycles. The number of carbonyl (C=O) groups excluding carboxylic acids is 1. The molecule has 0 fully saturated rings. The predicted molar refractivity (Wildman–Crippen MR) is 88.4 cm³/mol. The summed E-state index contributed by atoms with van der Waals surface area (Å²) in [5.41, 5.74) is 1.18. The van der Waals surface area contributed by atoms with Gasteiger partial charge in [0.25, 0.3) is 10.1 Å². The van der Waals surface area contributed by atoms with E-state index in [1.54, 1.807) is 6.07 Å². The van der Waals surface area contributed by atoms with Crippen LogP contribution in [0.5, 0.6) is 0 Å². The highest BCUT2D eigenvalue weighted by molar-refractivity contribution is 7.85. The van der Waals surface area contributed by atoms with Crippen LogP contribution in [0.1, 0.15) is 5.56 Å². The first-order valence-corrected chi connectivity index (χ1v) is 8.54. The summed E-state index contributed by atoms with van der Waals surface area (Å²) in [6, 6.07) is 12.2. The van der Waals surface area contributed by atoms with Crippen LogP contribution in [0, 0.1) is 0 Å². The highest BCUT2D eigenvalue weighted by Gasteiger charge is 2.10. The van der Waals surface area contributed by atoms with Gasteiger partial charge in [-0.25, -0.2) is 4.79 Å². The molecule has 0 spiro atoms. The molecule has 3 N–H and O–H groups in total. The van der Waals surface area contributed by atoms with Crippen LogP contribution >= 0.6 is 11.6 Å². The van der Waals surface area contributed by atoms with Crippen molar-refractivity contribution in [2.45, 2.75) is 11.3 Å². The summed E-state index contributed by atoms with van der Waals surface area (Å²) in [7, 11) is -4.31. The van der Waals surface area contributed by atoms with Gasteiger partial charge in [0.15, 0.2) is 0 Å². The molecule has 2 aromatic carbocycles. The Morgan fingerprint density at radius 3 is 2.57 bits per heavy atom. The fourth-order valence-electron chi connectivity index (χ4n) is 1.92. The van der Waals surface area contributed by atoms with Gasteiger partial charge in [-0.05, 0) is 36.2 Å². The second-order valence-corrected chi connectivity index (χ2v) is 6.55. The Labute approximate surface area is 139 Å². The maximum atomic E-state index is 11.8. The third kappa shape index (κ3) is 5.24. The van der Waals surface area contributed by atoms with E-state index in [1.165, 1.54) is 24.3 Å². The Kier molecular flexibility index (Phi) is 5.59. The number of anilines is 1. The normalized spacial score (nSPS) is 11.0. The first-order chi connectivity index (χ1) is 10.9. The summed E-state index contributed by atoms with van der Waals surface area (Å²) in [5.74, 6) is 0. The lowest BCUT2D eigenvalue weighted by atomic mass is 10.1. The largest absolute Gasteiger partial charge is 0.338 e. The van der Waals surface area contributed by atoms with Crippen molar-refractivity contribution in [3.05, 3.63) is 59.1 Å². The van der Waals surface area contributed by atoms with E-state index < -0.39 is 16.1 Å². The van der Waals surface area contributed by atoms with E-state index in [9.17, 15) is 13.2 Å². The van der Waals surface area contributed by atoms with E-state index in [0.29, 0.717) is 18.0 Å². The van der Waals surface area contributed by atoms with Crippen molar-refractivity contribution in [2.75, 3.05) is 11.9 Å². The molecule has 122 valence electrons. The molecular formula is C15H15ClN2O4S. The van der Waals surface area contributed by atoms with Crippen molar-refractivity contribution in [1.82, 2.24) is 5.32 Å². The fourth-order valence-corrected chi connectivity index (χ4v) is 2.68. The zero-order valence-electron chi connectivity index (χ0n) is 12.0. The predicted octanol–water partition coefficient (Wildman–Crippen LogP) is 2.95. The average molecular weight is 355 g/mol. The minimum absolute atomic E-state index is 0.260. The summed E-state index contributed by atoms with van der Waals surface area (Å²) in [6.45, 7) is 0.369. The zero-order chi connectivity index (χ0) is 16.9. The molecule has 2 amide bonds. The van der Waals surface area contributed by atoms with Gasteiger partial charge in [-0.15, -0.1) is 0 Å². The van der Waals surface area contributed by atoms with Crippen LogP contribution in [0.25, 0.3) is 0 Å². The Bertz CT molecular complexity index is 809. The maximum Gasteiger partial charge on any atom is 0.319 e. The van der Waals surface area contributed by atoms with Crippen molar-refractivity contribution >= 4 is 33.4 Å². The number of hydrogen-bond donors (Lipinski definition) is 3. The molecule has 6 nitrogen and oxygen atoms in total. The van der Waals surface area contributed by atoms with Gasteiger partial charge in [0.2, 0.25) is 0 Å². The van der Waals surface area contributed by atoms with Gasteiger partial charge in [-0.2, -0.15) is 8.42 Å². The van der Waals surface area contributed by atoms with E-state index in [2.05, 4.69) is 10.6 Å². The number of amides is 2. The highest BCUT2D eigenvalue weighted by Crippen LogP contribution is 2.16. The van der Waals surface area contributed by atoms with Crippen molar-refractivity contribution in [1.29, 1.82) is 0 Å². The van der Waals surface area contributed by atoms with Crippen LogP contribution < -0.4 is 10.6 Å². The molecule has 0 radical (unpaired) electrons. The monoisotopic (exact) mass is 354 g/mol.